The van der Waals surface area contributed by atoms with Crippen molar-refractivity contribution in [3.05, 3.63) is 11.9 Å². The lowest BCUT2D eigenvalue weighted by Gasteiger charge is -2.08. The van der Waals surface area contributed by atoms with Gasteiger partial charge in [-0.1, -0.05) is 0 Å². The van der Waals surface area contributed by atoms with E-state index in [0.29, 0.717) is 5.69 Å². The van der Waals surface area contributed by atoms with Crippen LogP contribution in [0.2, 0.25) is 0 Å². The molecular weight excluding hydrogens is 183 g/mol. The van der Waals surface area contributed by atoms with E-state index in [-0.39, 0.29) is 5.95 Å². The number of hydrogen-bond donors (Lipinski definition) is 1. The third-order valence-electron chi connectivity index (χ3n) is 1.44. The maximum Gasteiger partial charge on any atom is 0.405 e. The summed E-state index contributed by atoms with van der Waals surface area (Å²) in [4.78, 5) is 3.87. The molecule has 0 saturated carbocycles. The molecule has 1 aromatic rings. The van der Waals surface area contributed by atoms with Crippen molar-refractivity contribution in [2.24, 2.45) is 7.05 Å². The molecule has 1 rings (SSSR count). The molecule has 0 unspecified atom stereocenters. The van der Waals surface area contributed by atoms with Gasteiger partial charge in [-0.05, 0) is 6.92 Å². The van der Waals surface area contributed by atoms with Gasteiger partial charge in [-0.15, -0.1) is 0 Å². The summed E-state index contributed by atoms with van der Waals surface area (Å²) in [7, 11) is 1.64. The molecular formula is C7H10F3N3. The van der Waals surface area contributed by atoms with E-state index >= 15 is 0 Å². The first-order chi connectivity index (χ1) is 5.88. The van der Waals surface area contributed by atoms with E-state index in [4.69, 9.17) is 0 Å². The summed E-state index contributed by atoms with van der Waals surface area (Å²) in [5, 5.41) is 2.20. The minimum atomic E-state index is -4.21. The van der Waals surface area contributed by atoms with Gasteiger partial charge in [-0.3, -0.25) is 0 Å². The van der Waals surface area contributed by atoms with Crippen LogP contribution in [0.3, 0.4) is 0 Å². The molecule has 13 heavy (non-hydrogen) atoms. The number of aryl methyl sites for hydroxylation is 2. The number of halogens is 3. The minimum Gasteiger partial charge on any atom is -0.347 e. The normalized spacial score (nSPS) is 11.8. The second-order valence-corrected chi connectivity index (χ2v) is 2.79. The number of rotatable bonds is 2. The van der Waals surface area contributed by atoms with Crippen molar-refractivity contribution in [2.45, 2.75) is 13.1 Å². The highest BCUT2D eigenvalue weighted by Gasteiger charge is 2.27. The molecule has 0 amide bonds. The lowest BCUT2D eigenvalue weighted by Crippen LogP contribution is -2.22. The van der Waals surface area contributed by atoms with E-state index in [1.165, 1.54) is 4.57 Å². The van der Waals surface area contributed by atoms with Crippen molar-refractivity contribution in [1.82, 2.24) is 9.55 Å². The van der Waals surface area contributed by atoms with Gasteiger partial charge in [0.1, 0.15) is 6.54 Å². The summed E-state index contributed by atoms with van der Waals surface area (Å²) in [5.74, 6) is 0.231. The molecule has 0 aliphatic rings. The first-order valence-corrected chi connectivity index (χ1v) is 3.69. The summed E-state index contributed by atoms with van der Waals surface area (Å²) in [6.45, 7) is 0.663. The zero-order valence-electron chi connectivity index (χ0n) is 7.31. The lowest BCUT2D eigenvalue weighted by atomic mass is 10.6. The maximum atomic E-state index is 11.8. The Balaban J connectivity index is 2.59. The molecule has 0 atom stereocenters. The molecule has 1 N–H and O–H groups in total. The predicted molar refractivity (Wildman–Crippen MR) is 42.5 cm³/mol. The molecule has 74 valence electrons. The van der Waals surface area contributed by atoms with Crippen LogP contribution in [-0.4, -0.2) is 22.3 Å². The Kier molecular flexibility index (Phi) is 2.49. The fourth-order valence-corrected chi connectivity index (χ4v) is 0.960. The summed E-state index contributed by atoms with van der Waals surface area (Å²) in [6, 6.07) is 0. The first-order valence-electron chi connectivity index (χ1n) is 3.69. The van der Waals surface area contributed by atoms with Gasteiger partial charge in [-0.25, -0.2) is 4.98 Å². The van der Waals surface area contributed by atoms with E-state index in [1.807, 2.05) is 0 Å². The fourth-order valence-electron chi connectivity index (χ4n) is 0.960. The average molecular weight is 193 g/mol. The second kappa shape index (κ2) is 3.27. The molecule has 1 aromatic heterocycles. The predicted octanol–water partition coefficient (Wildman–Crippen LogP) is 1.70. The molecule has 6 heteroatoms. The molecule has 3 nitrogen and oxygen atoms in total. The summed E-state index contributed by atoms with van der Waals surface area (Å²) in [6.07, 6.45) is -2.56. The van der Waals surface area contributed by atoms with Gasteiger partial charge in [0.2, 0.25) is 5.95 Å². The highest BCUT2D eigenvalue weighted by molar-refractivity contribution is 5.28. The second-order valence-electron chi connectivity index (χ2n) is 2.79. The summed E-state index contributed by atoms with van der Waals surface area (Å²) in [5.41, 5.74) is 0.687. The Morgan fingerprint density at radius 1 is 1.54 bits per heavy atom. The van der Waals surface area contributed by atoms with Crippen LogP contribution in [0, 0.1) is 6.92 Å². The molecule has 1 heterocycles. The van der Waals surface area contributed by atoms with E-state index in [0.717, 1.165) is 0 Å². The Bertz CT molecular complexity index is 290. The number of nitrogens with one attached hydrogen (secondary N) is 1. The van der Waals surface area contributed by atoms with Crippen molar-refractivity contribution >= 4 is 5.95 Å². The van der Waals surface area contributed by atoms with Crippen molar-refractivity contribution in [2.75, 3.05) is 11.9 Å². The Morgan fingerprint density at radius 2 is 2.15 bits per heavy atom. The van der Waals surface area contributed by atoms with Crippen molar-refractivity contribution in [3.8, 4) is 0 Å². The van der Waals surface area contributed by atoms with E-state index in [1.54, 1.807) is 20.2 Å². The smallest absolute Gasteiger partial charge is 0.347 e. The summed E-state index contributed by atoms with van der Waals surface area (Å²) >= 11 is 0. The molecule has 0 aliphatic heterocycles. The standard InChI is InChI=1S/C7H10F3N3/c1-5-3-13(2)6(12-5)11-4-7(8,9)10/h3H,4H2,1-2H3,(H,11,12). The molecule has 0 bridgehead atoms. The number of hydrogen-bond acceptors (Lipinski definition) is 2. The molecule has 0 spiro atoms. The van der Waals surface area contributed by atoms with Crippen LogP contribution in [0.1, 0.15) is 5.69 Å². The monoisotopic (exact) mass is 193 g/mol. The first kappa shape index (κ1) is 9.88. The summed E-state index contributed by atoms with van der Waals surface area (Å²) < 4.78 is 36.9. The van der Waals surface area contributed by atoms with Gasteiger partial charge in [-0.2, -0.15) is 13.2 Å². The van der Waals surface area contributed by atoms with Gasteiger partial charge in [0, 0.05) is 13.2 Å². The molecule has 0 aliphatic carbocycles. The largest absolute Gasteiger partial charge is 0.405 e. The minimum absolute atomic E-state index is 0.231. The molecule has 0 fully saturated rings. The van der Waals surface area contributed by atoms with Gasteiger partial charge in [0.25, 0.3) is 0 Å². The van der Waals surface area contributed by atoms with Crippen LogP contribution in [0.15, 0.2) is 6.20 Å². The van der Waals surface area contributed by atoms with Crippen LogP contribution < -0.4 is 5.32 Å². The van der Waals surface area contributed by atoms with Crippen LogP contribution in [0.4, 0.5) is 19.1 Å². The molecule has 0 aromatic carbocycles. The van der Waals surface area contributed by atoms with Crippen LogP contribution in [0.25, 0.3) is 0 Å². The van der Waals surface area contributed by atoms with Crippen molar-refractivity contribution < 1.29 is 13.2 Å². The third-order valence-corrected chi connectivity index (χ3v) is 1.44. The molecule has 0 radical (unpaired) electrons. The number of nitrogens with zero attached hydrogens (tertiary/aromatic N) is 2. The topological polar surface area (TPSA) is 29.9 Å². The SMILES string of the molecule is Cc1cn(C)c(NCC(F)(F)F)n1. The zero-order chi connectivity index (χ0) is 10.1. The maximum absolute atomic E-state index is 11.8. The van der Waals surface area contributed by atoms with Gasteiger partial charge in [0.15, 0.2) is 0 Å². The van der Waals surface area contributed by atoms with E-state index < -0.39 is 12.7 Å². The number of imidazole rings is 1. The average Bonchev–Trinajstić information content (AvgIpc) is 2.24. The van der Waals surface area contributed by atoms with Crippen molar-refractivity contribution in [3.63, 3.8) is 0 Å². The van der Waals surface area contributed by atoms with E-state index in [9.17, 15) is 13.2 Å². The Hall–Kier alpha value is -1.20. The zero-order valence-corrected chi connectivity index (χ0v) is 7.31. The Morgan fingerprint density at radius 3 is 2.54 bits per heavy atom. The van der Waals surface area contributed by atoms with Crippen molar-refractivity contribution in [1.29, 1.82) is 0 Å². The van der Waals surface area contributed by atoms with Gasteiger partial charge >= 0.3 is 6.18 Å². The van der Waals surface area contributed by atoms with Crippen LogP contribution >= 0.6 is 0 Å². The molecule has 0 saturated heterocycles. The lowest BCUT2D eigenvalue weighted by molar-refractivity contribution is -0.115. The number of aromatic nitrogens is 2. The third kappa shape index (κ3) is 2.96. The number of anilines is 1. The van der Waals surface area contributed by atoms with Crippen LogP contribution in [-0.2, 0) is 7.05 Å². The quantitative estimate of drug-likeness (QED) is 0.774. The van der Waals surface area contributed by atoms with E-state index in [2.05, 4.69) is 10.3 Å². The fraction of sp³-hybridized carbons (Fsp3) is 0.571. The van der Waals surface area contributed by atoms with Crippen LogP contribution in [0.5, 0.6) is 0 Å². The van der Waals surface area contributed by atoms with Gasteiger partial charge in [0.05, 0.1) is 5.69 Å². The highest BCUT2D eigenvalue weighted by Crippen LogP contribution is 2.15. The Labute approximate surface area is 73.6 Å². The number of alkyl halides is 3. The highest BCUT2D eigenvalue weighted by atomic mass is 19.4. The van der Waals surface area contributed by atoms with Gasteiger partial charge < -0.3 is 9.88 Å².